The second kappa shape index (κ2) is 12.2. The van der Waals surface area contributed by atoms with Crippen molar-refractivity contribution in [2.45, 2.75) is 62.8 Å². The topological polar surface area (TPSA) is 253 Å². The second-order valence-corrected chi connectivity index (χ2v) is 13.1. The number of hydrogen-bond acceptors (Lipinski definition) is 15. The van der Waals surface area contributed by atoms with Gasteiger partial charge in [-0.1, -0.05) is 0 Å². The largest absolute Gasteiger partial charge is 0.360 e. The molecular weight excluding hydrogens is 584 g/mol. The Morgan fingerprint density at radius 1 is 1.17 bits per heavy atom. The molecule has 1 amide bonds. The highest BCUT2D eigenvalue weighted by Crippen LogP contribution is 2.50. The molecule has 0 spiro atoms. The zero-order chi connectivity index (χ0) is 29.5. The third-order valence-corrected chi connectivity index (χ3v) is 9.05. The molecule has 1 aromatic rings. The SMILES string of the molecule is Cc1cn([C@H]2CC(N)[C@@H](CO[P+](C)(O)NC3C[C@H](N4CNC5=C4NC(N)NC5=O)O[C@@H]3COPO)O2)c(=O)[nH]c1=O. The first kappa shape index (κ1) is 30.3. The van der Waals surface area contributed by atoms with Crippen LogP contribution in [0.4, 0.5) is 0 Å². The van der Waals surface area contributed by atoms with E-state index < -0.39 is 71.2 Å². The van der Waals surface area contributed by atoms with E-state index in [1.807, 2.05) is 4.90 Å². The number of ether oxygens (including phenoxy) is 2. The van der Waals surface area contributed by atoms with Crippen LogP contribution < -0.4 is 43.8 Å². The van der Waals surface area contributed by atoms with E-state index in [1.54, 1.807) is 6.92 Å². The number of nitrogens with two attached hydrogens (primary N) is 2. The number of carbonyl (C=O) groups is 1. The van der Waals surface area contributed by atoms with Gasteiger partial charge in [0.25, 0.3) is 11.5 Å². The molecule has 0 bridgehead atoms. The van der Waals surface area contributed by atoms with Crippen LogP contribution in [0.5, 0.6) is 0 Å². The van der Waals surface area contributed by atoms with Gasteiger partial charge >= 0.3 is 13.6 Å². The number of aromatic amines is 1. The molecule has 0 aliphatic carbocycles. The van der Waals surface area contributed by atoms with Gasteiger partial charge in [-0.15, -0.1) is 5.09 Å². The van der Waals surface area contributed by atoms with Crippen LogP contribution >= 0.6 is 16.9 Å². The number of H-pyrrole nitrogens is 1. The fourth-order valence-electron chi connectivity index (χ4n) is 5.24. The number of carbonyl (C=O) groups excluding carboxylic acids is 1. The minimum Gasteiger partial charge on any atom is -0.360 e. The molecule has 0 saturated carbocycles. The lowest BCUT2D eigenvalue weighted by Gasteiger charge is -2.31. The minimum absolute atomic E-state index is 0.0509. The van der Waals surface area contributed by atoms with Gasteiger partial charge in [0, 0.05) is 30.6 Å². The summed E-state index contributed by atoms with van der Waals surface area (Å²) in [6, 6.07) is -0.925. The highest BCUT2D eigenvalue weighted by Gasteiger charge is 2.48. The number of aromatic nitrogens is 2. The Labute approximate surface area is 236 Å². The van der Waals surface area contributed by atoms with Crippen LogP contribution in [0.2, 0.25) is 0 Å². The summed E-state index contributed by atoms with van der Waals surface area (Å²) in [7, 11) is -3.95. The maximum Gasteiger partial charge on any atom is 0.339 e. The van der Waals surface area contributed by atoms with E-state index in [4.69, 9.17) is 30.0 Å². The van der Waals surface area contributed by atoms with Gasteiger partial charge in [-0.25, -0.2) is 9.69 Å². The van der Waals surface area contributed by atoms with E-state index in [0.717, 1.165) is 0 Å². The number of amides is 1. The maximum absolute atomic E-state index is 12.3. The molecule has 0 radical (unpaired) electrons. The molecule has 1 aromatic heterocycles. The number of rotatable bonds is 10. The van der Waals surface area contributed by atoms with Crippen molar-refractivity contribution >= 4 is 22.8 Å². The van der Waals surface area contributed by atoms with Crippen molar-refractivity contribution in [2.24, 2.45) is 11.5 Å². The van der Waals surface area contributed by atoms with Gasteiger partial charge in [-0.3, -0.25) is 24.9 Å². The predicted molar refractivity (Wildman–Crippen MR) is 146 cm³/mol. The normalized spacial score (nSPS) is 33.2. The first-order valence-corrected chi connectivity index (χ1v) is 15.9. The standard InChI is InChI=1S/C21H35N9O9P2/c1-9-5-29(21(33)27-18(9)31)14-3-10(22)12(38-14)7-37-41(2,35)28-11-4-15(39-13(11)6-36-40-34)30-8-24-16-17(30)25-20(23)26-19(16)32/h5,10-15,20,24,28,34-35,40H,3-4,6-8,22-23H2,1-2H3,(H2-,25,26,27,31,32,33)/p+1/t10?,11?,12-,13-,14-,15-,20?,41?/m1/s1. The van der Waals surface area contributed by atoms with E-state index in [2.05, 4.69) is 26.0 Å². The van der Waals surface area contributed by atoms with E-state index in [0.29, 0.717) is 36.6 Å². The third-order valence-electron chi connectivity index (χ3n) is 7.29. The first-order valence-electron chi connectivity index (χ1n) is 12.9. The number of aryl methyl sites for hydroxylation is 1. The zero-order valence-electron chi connectivity index (χ0n) is 22.4. The molecule has 0 aromatic carbocycles. The number of nitrogens with one attached hydrogen (secondary N) is 5. The van der Waals surface area contributed by atoms with Crippen molar-refractivity contribution in [2.75, 3.05) is 26.5 Å². The molecule has 9 atom stereocenters. The number of hydrogen-bond donors (Lipinski definition) is 9. The van der Waals surface area contributed by atoms with Crippen LogP contribution in [0.25, 0.3) is 0 Å². The second-order valence-electron chi connectivity index (χ2n) is 10.3. The summed E-state index contributed by atoms with van der Waals surface area (Å²) in [5.41, 5.74) is 11.8. The van der Waals surface area contributed by atoms with Crippen molar-refractivity contribution in [3.05, 3.63) is 44.1 Å². The van der Waals surface area contributed by atoms with Gasteiger partial charge in [-0.2, -0.15) is 4.52 Å². The van der Waals surface area contributed by atoms with Gasteiger partial charge in [0.15, 0.2) is 15.3 Å². The Morgan fingerprint density at radius 2 is 1.93 bits per heavy atom. The highest BCUT2D eigenvalue weighted by atomic mass is 31.2. The fourth-order valence-corrected chi connectivity index (χ4v) is 6.87. The van der Waals surface area contributed by atoms with E-state index in [-0.39, 0.29) is 19.1 Å². The molecule has 5 rings (SSSR count). The molecule has 5 heterocycles. The lowest BCUT2D eigenvalue weighted by molar-refractivity contribution is -0.119. The van der Waals surface area contributed by atoms with Crippen LogP contribution in [0.3, 0.4) is 0 Å². The molecule has 5 unspecified atom stereocenters. The zero-order valence-corrected chi connectivity index (χ0v) is 24.3. The molecule has 20 heteroatoms. The van der Waals surface area contributed by atoms with E-state index >= 15 is 0 Å². The third kappa shape index (κ3) is 6.58. The molecule has 4 aliphatic heterocycles. The van der Waals surface area contributed by atoms with Crippen LogP contribution in [-0.4, -0.2) is 93.5 Å². The summed E-state index contributed by atoms with van der Waals surface area (Å²) < 4.78 is 24.6. The predicted octanol–water partition coefficient (Wildman–Crippen LogP) is -3.55. The van der Waals surface area contributed by atoms with Crippen LogP contribution in [-0.2, 0) is 23.3 Å². The summed E-state index contributed by atoms with van der Waals surface area (Å²) in [4.78, 5) is 60.7. The quantitative estimate of drug-likeness (QED) is 0.115. The average Bonchev–Trinajstić information content (AvgIpc) is 3.60. The number of nitrogens with zero attached hydrogens (tertiary/aromatic N) is 2. The average molecular weight is 621 g/mol. The molecule has 228 valence electrons. The Bertz CT molecular complexity index is 1290. The van der Waals surface area contributed by atoms with Crippen molar-refractivity contribution in [3.63, 3.8) is 0 Å². The summed E-state index contributed by atoms with van der Waals surface area (Å²) in [5.74, 6) is 0.173. The van der Waals surface area contributed by atoms with Crippen molar-refractivity contribution in [1.82, 2.24) is 35.5 Å². The van der Waals surface area contributed by atoms with Crippen molar-refractivity contribution in [3.8, 4) is 0 Å². The molecule has 41 heavy (non-hydrogen) atoms. The summed E-state index contributed by atoms with van der Waals surface area (Å²) >= 11 is 0. The molecular formula is C21H36N9O9P2+. The van der Waals surface area contributed by atoms with Gasteiger partial charge in [-0.05, 0) is 6.92 Å². The Morgan fingerprint density at radius 3 is 2.68 bits per heavy atom. The lowest BCUT2D eigenvalue weighted by Crippen LogP contribution is -2.57. The van der Waals surface area contributed by atoms with E-state index in [1.165, 1.54) is 17.4 Å². The Hall–Kier alpha value is -2.21. The Balaban J connectivity index is 1.21. The molecule has 11 N–H and O–H groups in total. The first-order chi connectivity index (χ1) is 19.5. The van der Waals surface area contributed by atoms with Gasteiger partial charge in [0.05, 0.1) is 19.3 Å². The molecule has 18 nitrogen and oxygen atoms in total. The molecule has 2 saturated heterocycles. The van der Waals surface area contributed by atoms with Gasteiger partial charge < -0.3 is 45.5 Å². The fraction of sp³-hybridized carbons (Fsp3) is 0.667. The Kier molecular flexibility index (Phi) is 8.99. The summed E-state index contributed by atoms with van der Waals surface area (Å²) in [6.07, 6.45) is -1.03. The molecule has 4 aliphatic rings. The minimum atomic E-state index is -3.21. The smallest absolute Gasteiger partial charge is 0.339 e. The van der Waals surface area contributed by atoms with Gasteiger partial charge in [0.2, 0.25) is 0 Å². The molecule has 2 fully saturated rings. The van der Waals surface area contributed by atoms with Crippen LogP contribution in [0.15, 0.2) is 27.3 Å². The lowest BCUT2D eigenvalue weighted by atomic mass is 10.1. The summed E-state index contributed by atoms with van der Waals surface area (Å²) in [5, 5.41) is 11.8. The highest BCUT2D eigenvalue weighted by molar-refractivity contribution is 7.62. The van der Waals surface area contributed by atoms with Crippen molar-refractivity contribution in [1.29, 1.82) is 0 Å². The monoisotopic (exact) mass is 620 g/mol. The maximum atomic E-state index is 12.3. The van der Waals surface area contributed by atoms with Crippen LogP contribution in [0.1, 0.15) is 24.6 Å². The van der Waals surface area contributed by atoms with Crippen LogP contribution in [0, 0.1) is 6.92 Å². The summed E-state index contributed by atoms with van der Waals surface area (Å²) in [6.45, 7) is 3.41. The van der Waals surface area contributed by atoms with Gasteiger partial charge in [0.1, 0.15) is 49.5 Å². The van der Waals surface area contributed by atoms with E-state index in [9.17, 15) is 24.2 Å². The van der Waals surface area contributed by atoms with Crippen molar-refractivity contribution < 1.29 is 33.1 Å².